The molecule has 6 nitrogen and oxygen atoms in total. The number of amides is 2. The molecule has 2 aromatic rings. The quantitative estimate of drug-likeness (QED) is 0.645. The highest BCUT2D eigenvalue weighted by Gasteiger charge is 2.33. The zero-order valence-corrected chi connectivity index (χ0v) is 19.1. The van der Waals surface area contributed by atoms with Crippen LogP contribution in [0.1, 0.15) is 37.7 Å². The molecule has 1 atom stereocenters. The van der Waals surface area contributed by atoms with E-state index in [2.05, 4.69) is 40.5 Å². The molecule has 0 saturated carbocycles. The number of nitrogens with one attached hydrogen (secondary N) is 1. The number of ether oxygens (including phenoxy) is 1. The lowest BCUT2D eigenvalue weighted by Crippen LogP contribution is -2.56. The molecule has 0 radical (unpaired) electrons. The molecule has 1 N–H and O–H groups in total. The second-order valence-corrected chi connectivity index (χ2v) is 9.12. The van der Waals surface area contributed by atoms with E-state index in [0.29, 0.717) is 19.0 Å². The maximum atomic E-state index is 13.1. The zero-order chi connectivity index (χ0) is 22.3. The normalized spacial score (nSPS) is 20.5. The van der Waals surface area contributed by atoms with E-state index in [1.807, 2.05) is 17.0 Å². The SMILES string of the molecule is COCCCC1CCN(C(=O)C[C@@H]2C(=O)NCCN2Cc2ccc3ccccc3c2)CC1. The minimum absolute atomic E-state index is 0.0279. The molecule has 2 aliphatic rings. The average Bonchev–Trinajstić information content (AvgIpc) is 2.82. The largest absolute Gasteiger partial charge is 0.385 e. The first kappa shape index (κ1) is 22.7. The molecule has 0 aliphatic carbocycles. The number of piperazine rings is 1. The van der Waals surface area contributed by atoms with Crippen molar-refractivity contribution in [3.63, 3.8) is 0 Å². The van der Waals surface area contributed by atoms with E-state index in [9.17, 15) is 9.59 Å². The van der Waals surface area contributed by atoms with Gasteiger partial charge in [-0.3, -0.25) is 14.5 Å². The van der Waals surface area contributed by atoms with Gasteiger partial charge in [-0.15, -0.1) is 0 Å². The van der Waals surface area contributed by atoms with Crippen LogP contribution in [-0.2, 0) is 20.9 Å². The Morgan fingerprint density at radius 3 is 2.66 bits per heavy atom. The van der Waals surface area contributed by atoms with Crippen molar-refractivity contribution in [1.29, 1.82) is 0 Å². The molecule has 6 heteroatoms. The number of hydrogen-bond acceptors (Lipinski definition) is 4. The number of carbonyl (C=O) groups excluding carboxylic acids is 2. The molecule has 0 spiro atoms. The molecule has 0 aromatic heterocycles. The summed E-state index contributed by atoms with van der Waals surface area (Å²) in [6, 6.07) is 14.4. The van der Waals surface area contributed by atoms with Crippen molar-refractivity contribution in [3.05, 3.63) is 48.0 Å². The number of piperidine rings is 1. The van der Waals surface area contributed by atoms with E-state index in [1.54, 1.807) is 7.11 Å². The number of likely N-dealkylation sites (tertiary alicyclic amines) is 1. The highest BCUT2D eigenvalue weighted by atomic mass is 16.5. The molecular weight excluding hydrogens is 402 g/mol. The molecule has 2 heterocycles. The molecule has 2 amide bonds. The van der Waals surface area contributed by atoms with Crippen molar-refractivity contribution in [2.75, 3.05) is 39.9 Å². The van der Waals surface area contributed by atoms with Gasteiger partial charge >= 0.3 is 0 Å². The first-order chi connectivity index (χ1) is 15.6. The first-order valence-electron chi connectivity index (χ1n) is 11.9. The Balaban J connectivity index is 1.35. The molecule has 2 fully saturated rings. The number of benzene rings is 2. The van der Waals surface area contributed by atoms with E-state index in [4.69, 9.17) is 4.74 Å². The summed E-state index contributed by atoms with van der Waals surface area (Å²) in [6.07, 6.45) is 4.61. The Morgan fingerprint density at radius 1 is 1.09 bits per heavy atom. The molecule has 172 valence electrons. The molecule has 2 aliphatic heterocycles. The third kappa shape index (κ3) is 5.67. The number of hydrogen-bond donors (Lipinski definition) is 1. The van der Waals surface area contributed by atoms with Crippen LogP contribution in [0.15, 0.2) is 42.5 Å². The molecule has 2 aromatic carbocycles. The Labute approximate surface area is 190 Å². The van der Waals surface area contributed by atoms with Gasteiger partial charge in [-0.25, -0.2) is 0 Å². The summed E-state index contributed by atoms with van der Waals surface area (Å²) >= 11 is 0. The first-order valence-corrected chi connectivity index (χ1v) is 11.9. The van der Waals surface area contributed by atoms with Crippen LogP contribution in [0.4, 0.5) is 0 Å². The predicted octanol–water partition coefficient (Wildman–Crippen LogP) is 3.20. The number of carbonyl (C=O) groups is 2. The molecule has 4 rings (SSSR count). The number of methoxy groups -OCH3 is 1. The summed E-state index contributed by atoms with van der Waals surface area (Å²) < 4.78 is 5.15. The monoisotopic (exact) mass is 437 g/mol. The number of rotatable bonds is 8. The van der Waals surface area contributed by atoms with Gasteiger partial charge in [0.05, 0.1) is 12.5 Å². The minimum atomic E-state index is -0.401. The van der Waals surface area contributed by atoms with Gasteiger partial charge in [0.1, 0.15) is 0 Å². The molecule has 2 saturated heterocycles. The lowest BCUT2D eigenvalue weighted by atomic mass is 9.92. The van der Waals surface area contributed by atoms with Gasteiger partial charge in [-0.2, -0.15) is 0 Å². The summed E-state index contributed by atoms with van der Waals surface area (Å²) in [6.45, 7) is 4.48. The van der Waals surface area contributed by atoms with Gasteiger partial charge < -0.3 is 15.0 Å². The van der Waals surface area contributed by atoms with E-state index in [0.717, 1.165) is 45.5 Å². The topological polar surface area (TPSA) is 61.9 Å². The van der Waals surface area contributed by atoms with Crippen LogP contribution in [0.3, 0.4) is 0 Å². The maximum Gasteiger partial charge on any atom is 0.237 e. The van der Waals surface area contributed by atoms with Crippen LogP contribution in [0.25, 0.3) is 10.8 Å². The molecule has 32 heavy (non-hydrogen) atoms. The highest BCUT2D eigenvalue weighted by Crippen LogP contribution is 2.24. The van der Waals surface area contributed by atoms with Gasteiger partial charge in [0.25, 0.3) is 0 Å². The van der Waals surface area contributed by atoms with Gasteiger partial charge in [-0.05, 0) is 54.0 Å². The van der Waals surface area contributed by atoms with Gasteiger partial charge in [-0.1, -0.05) is 36.4 Å². The molecular formula is C26H35N3O3. The van der Waals surface area contributed by atoms with Crippen molar-refractivity contribution in [2.45, 2.75) is 44.7 Å². The lowest BCUT2D eigenvalue weighted by molar-refractivity contribution is -0.140. The second kappa shape index (κ2) is 10.9. The Bertz CT molecular complexity index is 923. The Kier molecular flexibility index (Phi) is 7.76. The summed E-state index contributed by atoms with van der Waals surface area (Å²) in [7, 11) is 1.74. The Morgan fingerprint density at radius 2 is 1.88 bits per heavy atom. The van der Waals surface area contributed by atoms with E-state index < -0.39 is 6.04 Å². The smallest absolute Gasteiger partial charge is 0.237 e. The van der Waals surface area contributed by atoms with Crippen molar-refractivity contribution < 1.29 is 14.3 Å². The highest BCUT2D eigenvalue weighted by molar-refractivity contribution is 5.89. The van der Waals surface area contributed by atoms with Crippen LogP contribution in [0.5, 0.6) is 0 Å². The van der Waals surface area contributed by atoms with E-state index in [-0.39, 0.29) is 18.2 Å². The summed E-state index contributed by atoms with van der Waals surface area (Å²) in [5.41, 5.74) is 1.17. The Hall–Kier alpha value is -2.44. The van der Waals surface area contributed by atoms with Crippen LogP contribution in [0, 0.1) is 5.92 Å². The van der Waals surface area contributed by atoms with Gasteiger partial charge in [0.2, 0.25) is 11.8 Å². The molecule has 0 bridgehead atoms. The van der Waals surface area contributed by atoms with Crippen LogP contribution in [-0.4, -0.2) is 67.6 Å². The third-order valence-corrected chi connectivity index (χ3v) is 6.94. The summed E-state index contributed by atoms with van der Waals surface area (Å²) in [4.78, 5) is 29.9. The third-order valence-electron chi connectivity index (χ3n) is 6.94. The summed E-state index contributed by atoms with van der Waals surface area (Å²) in [5.74, 6) is 0.752. The van der Waals surface area contributed by atoms with Crippen molar-refractivity contribution >= 4 is 22.6 Å². The van der Waals surface area contributed by atoms with Gasteiger partial charge in [0.15, 0.2) is 0 Å². The number of fused-ring (bicyclic) bond motifs is 1. The fourth-order valence-corrected chi connectivity index (χ4v) is 5.03. The predicted molar refractivity (Wildman–Crippen MR) is 126 cm³/mol. The van der Waals surface area contributed by atoms with Gasteiger partial charge in [0, 0.05) is 46.4 Å². The van der Waals surface area contributed by atoms with Crippen molar-refractivity contribution in [3.8, 4) is 0 Å². The maximum absolute atomic E-state index is 13.1. The van der Waals surface area contributed by atoms with E-state index >= 15 is 0 Å². The molecule has 0 unspecified atom stereocenters. The second-order valence-electron chi connectivity index (χ2n) is 9.12. The van der Waals surface area contributed by atoms with Crippen LogP contribution < -0.4 is 5.32 Å². The zero-order valence-electron chi connectivity index (χ0n) is 19.1. The standard InChI is InChI=1S/C26H35N3O3/c1-32-16-4-5-20-10-13-28(14-11-20)25(30)18-24-26(31)27-12-15-29(24)19-21-8-9-22-6-2-3-7-23(22)17-21/h2-3,6-9,17,20,24H,4-5,10-16,18-19H2,1H3,(H,27,31)/t24-/m1/s1. The van der Waals surface area contributed by atoms with Crippen molar-refractivity contribution in [1.82, 2.24) is 15.1 Å². The average molecular weight is 438 g/mol. The van der Waals surface area contributed by atoms with Crippen molar-refractivity contribution in [2.24, 2.45) is 5.92 Å². The fraction of sp³-hybridized carbons (Fsp3) is 0.538. The van der Waals surface area contributed by atoms with Crippen LogP contribution >= 0.6 is 0 Å². The lowest BCUT2D eigenvalue weighted by Gasteiger charge is -2.37. The number of nitrogens with zero attached hydrogens (tertiary/aromatic N) is 2. The fourth-order valence-electron chi connectivity index (χ4n) is 5.03. The van der Waals surface area contributed by atoms with E-state index in [1.165, 1.54) is 22.8 Å². The van der Waals surface area contributed by atoms with Crippen LogP contribution in [0.2, 0.25) is 0 Å². The summed E-state index contributed by atoms with van der Waals surface area (Å²) in [5, 5.41) is 5.37. The minimum Gasteiger partial charge on any atom is -0.385 e.